The molecule has 1 saturated carbocycles. The summed E-state index contributed by atoms with van der Waals surface area (Å²) in [5.74, 6) is 0.906. The largest absolute Gasteiger partial charge is 0.396 e. The Kier molecular flexibility index (Phi) is 1.90. The van der Waals surface area contributed by atoms with Gasteiger partial charge in [0.25, 0.3) is 0 Å². The molecule has 11 heavy (non-hydrogen) atoms. The van der Waals surface area contributed by atoms with Crippen LogP contribution in [0.2, 0.25) is 0 Å². The lowest BCUT2D eigenvalue weighted by molar-refractivity contribution is 0.0819. The van der Waals surface area contributed by atoms with E-state index in [1.807, 2.05) is 0 Å². The van der Waals surface area contributed by atoms with Crippen molar-refractivity contribution in [2.45, 2.75) is 25.7 Å². The third-order valence-electron chi connectivity index (χ3n) is 2.94. The van der Waals surface area contributed by atoms with Gasteiger partial charge >= 0.3 is 0 Å². The van der Waals surface area contributed by atoms with Crippen LogP contribution in [0.15, 0.2) is 0 Å². The van der Waals surface area contributed by atoms with Gasteiger partial charge in [-0.25, -0.2) is 0 Å². The molecule has 1 heterocycles. The molecule has 1 saturated heterocycles. The highest BCUT2D eigenvalue weighted by atomic mass is 16.5. The predicted molar refractivity (Wildman–Crippen MR) is 42.3 cm³/mol. The van der Waals surface area contributed by atoms with Crippen LogP contribution in [0.1, 0.15) is 25.7 Å². The van der Waals surface area contributed by atoms with Crippen molar-refractivity contribution in [1.29, 1.82) is 0 Å². The van der Waals surface area contributed by atoms with Crippen molar-refractivity contribution >= 4 is 0 Å². The molecule has 1 atom stereocenters. The Labute approximate surface area is 67.6 Å². The number of hydrogen-bond donors (Lipinski definition) is 1. The van der Waals surface area contributed by atoms with Crippen molar-refractivity contribution in [3.05, 3.63) is 0 Å². The number of aliphatic hydroxyl groups is 1. The van der Waals surface area contributed by atoms with E-state index in [1.54, 1.807) is 0 Å². The minimum atomic E-state index is 0.154. The third-order valence-corrected chi connectivity index (χ3v) is 2.94. The maximum Gasteiger partial charge on any atom is 0.0545 e. The minimum Gasteiger partial charge on any atom is -0.396 e. The predicted octanol–water partition coefficient (Wildman–Crippen LogP) is 1.19. The van der Waals surface area contributed by atoms with Crippen molar-refractivity contribution in [2.24, 2.45) is 11.3 Å². The Balaban J connectivity index is 1.91. The molecule has 1 aliphatic heterocycles. The average molecular weight is 156 g/mol. The van der Waals surface area contributed by atoms with Crippen LogP contribution in [0.4, 0.5) is 0 Å². The Hall–Kier alpha value is -0.0800. The van der Waals surface area contributed by atoms with Gasteiger partial charge in [-0.05, 0) is 18.8 Å². The van der Waals surface area contributed by atoms with E-state index in [1.165, 1.54) is 19.3 Å². The molecule has 1 N–H and O–H groups in total. The monoisotopic (exact) mass is 156 g/mol. The molecule has 1 aliphatic carbocycles. The van der Waals surface area contributed by atoms with Crippen LogP contribution in [-0.4, -0.2) is 24.9 Å². The summed E-state index contributed by atoms with van der Waals surface area (Å²) < 4.78 is 5.32. The Morgan fingerprint density at radius 2 is 2.27 bits per heavy atom. The topological polar surface area (TPSA) is 29.5 Å². The molecule has 0 amide bonds. The molecule has 2 fully saturated rings. The molecule has 2 nitrogen and oxygen atoms in total. The molecule has 0 spiro atoms. The highest BCUT2D eigenvalue weighted by molar-refractivity contribution is 4.89. The fourth-order valence-corrected chi connectivity index (χ4v) is 1.93. The van der Waals surface area contributed by atoms with E-state index >= 15 is 0 Å². The lowest BCUT2D eigenvalue weighted by atomic mass is 9.83. The zero-order valence-corrected chi connectivity index (χ0v) is 6.88. The maximum atomic E-state index is 9.21. The minimum absolute atomic E-state index is 0.154. The molecule has 64 valence electrons. The molecule has 0 aromatic heterocycles. The molecule has 2 aliphatic rings. The van der Waals surface area contributed by atoms with Crippen molar-refractivity contribution in [1.82, 2.24) is 0 Å². The normalized spacial score (nSPS) is 37.9. The van der Waals surface area contributed by atoms with Crippen LogP contribution in [0.5, 0.6) is 0 Å². The standard InChI is InChI=1S/C9H16O2/c10-6-9(3-4-11-7-9)5-8-1-2-8/h8,10H,1-7H2. The van der Waals surface area contributed by atoms with E-state index < -0.39 is 0 Å². The van der Waals surface area contributed by atoms with Crippen LogP contribution in [0.25, 0.3) is 0 Å². The van der Waals surface area contributed by atoms with Crippen LogP contribution in [0, 0.1) is 11.3 Å². The van der Waals surface area contributed by atoms with Crippen LogP contribution in [-0.2, 0) is 4.74 Å². The van der Waals surface area contributed by atoms with Crippen LogP contribution < -0.4 is 0 Å². The SMILES string of the molecule is OCC1(CC2CC2)CCOC1. The zero-order chi connectivity index (χ0) is 7.73. The van der Waals surface area contributed by atoms with E-state index in [0.29, 0.717) is 6.61 Å². The second kappa shape index (κ2) is 2.76. The zero-order valence-electron chi connectivity index (χ0n) is 6.88. The molecule has 0 aromatic carbocycles. The van der Waals surface area contributed by atoms with E-state index in [0.717, 1.165) is 25.6 Å². The molecule has 0 bridgehead atoms. The van der Waals surface area contributed by atoms with Crippen molar-refractivity contribution < 1.29 is 9.84 Å². The fraction of sp³-hybridized carbons (Fsp3) is 1.00. The Morgan fingerprint density at radius 1 is 1.45 bits per heavy atom. The lowest BCUT2D eigenvalue weighted by Gasteiger charge is -2.23. The van der Waals surface area contributed by atoms with E-state index in [2.05, 4.69) is 0 Å². The quantitative estimate of drug-likeness (QED) is 0.665. The van der Waals surface area contributed by atoms with E-state index in [4.69, 9.17) is 4.74 Å². The number of aliphatic hydroxyl groups excluding tert-OH is 1. The summed E-state index contributed by atoms with van der Waals surface area (Å²) in [6.45, 7) is 1.97. The molecular weight excluding hydrogens is 140 g/mol. The number of hydrogen-bond acceptors (Lipinski definition) is 2. The van der Waals surface area contributed by atoms with Gasteiger partial charge in [-0.3, -0.25) is 0 Å². The van der Waals surface area contributed by atoms with Gasteiger partial charge < -0.3 is 9.84 Å². The molecule has 0 aromatic rings. The number of ether oxygens (including phenoxy) is 1. The van der Waals surface area contributed by atoms with E-state index in [9.17, 15) is 5.11 Å². The fourth-order valence-electron chi connectivity index (χ4n) is 1.93. The molecule has 0 radical (unpaired) electrons. The maximum absolute atomic E-state index is 9.21. The van der Waals surface area contributed by atoms with Gasteiger partial charge in [-0.15, -0.1) is 0 Å². The first-order valence-electron chi connectivity index (χ1n) is 4.53. The molecular formula is C9H16O2. The second-order valence-corrected chi connectivity index (χ2v) is 4.11. The van der Waals surface area contributed by atoms with Crippen molar-refractivity contribution in [2.75, 3.05) is 19.8 Å². The van der Waals surface area contributed by atoms with Gasteiger partial charge in [0.2, 0.25) is 0 Å². The third kappa shape index (κ3) is 1.57. The summed E-state index contributed by atoms with van der Waals surface area (Å²) in [6.07, 6.45) is 5.02. The van der Waals surface area contributed by atoms with Gasteiger partial charge in [-0.2, -0.15) is 0 Å². The summed E-state index contributed by atoms with van der Waals surface area (Å²) in [7, 11) is 0. The summed E-state index contributed by atoms with van der Waals surface area (Å²) in [4.78, 5) is 0. The summed E-state index contributed by atoms with van der Waals surface area (Å²) >= 11 is 0. The lowest BCUT2D eigenvalue weighted by Crippen LogP contribution is -2.26. The highest BCUT2D eigenvalue weighted by Gasteiger charge is 2.39. The Bertz CT molecular complexity index is 134. The highest BCUT2D eigenvalue weighted by Crippen LogP contribution is 2.43. The average Bonchev–Trinajstić information content (AvgIpc) is 2.68. The van der Waals surface area contributed by atoms with Gasteiger partial charge in [0.15, 0.2) is 0 Å². The number of rotatable bonds is 3. The van der Waals surface area contributed by atoms with Gasteiger partial charge in [0.1, 0.15) is 0 Å². The van der Waals surface area contributed by atoms with E-state index in [-0.39, 0.29) is 5.41 Å². The second-order valence-electron chi connectivity index (χ2n) is 4.11. The molecule has 2 rings (SSSR count). The first-order chi connectivity index (χ1) is 5.35. The van der Waals surface area contributed by atoms with Crippen molar-refractivity contribution in [3.8, 4) is 0 Å². The van der Waals surface area contributed by atoms with Gasteiger partial charge in [0.05, 0.1) is 13.2 Å². The molecule has 2 heteroatoms. The summed E-state index contributed by atoms with van der Waals surface area (Å²) in [5.41, 5.74) is 0.154. The first kappa shape index (κ1) is 7.56. The van der Waals surface area contributed by atoms with Gasteiger partial charge in [0, 0.05) is 12.0 Å². The smallest absolute Gasteiger partial charge is 0.0545 e. The van der Waals surface area contributed by atoms with Gasteiger partial charge in [-0.1, -0.05) is 12.8 Å². The Morgan fingerprint density at radius 3 is 2.73 bits per heavy atom. The molecule has 1 unspecified atom stereocenters. The summed E-state index contributed by atoms with van der Waals surface area (Å²) in [6, 6.07) is 0. The van der Waals surface area contributed by atoms with Crippen LogP contribution in [0.3, 0.4) is 0 Å². The summed E-state index contributed by atoms with van der Waals surface area (Å²) in [5, 5.41) is 9.21. The van der Waals surface area contributed by atoms with Crippen LogP contribution >= 0.6 is 0 Å². The first-order valence-corrected chi connectivity index (χ1v) is 4.53. The van der Waals surface area contributed by atoms with Crippen molar-refractivity contribution in [3.63, 3.8) is 0 Å².